The molecule has 0 bridgehead atoms. The Balaban J connectivity index is 2.12. The van der Waals surface area contributed by atoms with Crippen molar-refractivity contribution in [3.63, 3.8) is 0 Å². The van der Waals surface area contributed by atoms with Crippen molar-refractivity contribution >= 4 is 11.6 Å². The van der Waals surface area contributed by atoms with Gasteiger partial charge in [0, 0.05) is 12.1 Å². The van der Waals surface area contributed by atoms with Gasteiger partial charge in [-0.25, -0.2) is 5.01 Å². The Hall–Kier alpha value is -1.56. The topological polar surface area (TPSA) is 87.0 Å². The Bertz CT molecular complexity index is 472. The van der Waals surface area contributed by atoms with E-state index in [9.17, 15) is 4.79 Å². The second-order valence-electron chi connectivity index (χ2n) is 6.03. The van der Waals surface area contributed by atoms with E-state index in [0.29, 0.717) is 23.5 Å². The molecule has 1 fully saturated rings. The number of carbonyl (C=O) groups excluding carboxylic acids is 1. The molecule has 6 nitrogen and oxygen atoms in total. The van der Waals surface area contributed by atoms with E-state index in [1.54, 1.807) is 0 Å². The van der Waals surface area contributed by atoms with Crippen LogP contribution in [0.2, 0.25) is 0 Å². The van der Waals surface area contributed by atoms with E-state index >= 15 is 0 Å². The predicted octanol–water partition coefficient (Wildman–Crippen LogP) is 2.02. The standard InChI is InChI=1S/C14H25N5O/c1-8(2)12-11(15)13(17-16-12)14(20)18-19-9(3)6-5-7-10(19)4/h8-10H,5-7,15H2,1-4H3,(H,16,17)(H,18,20). The quantitative estimate of drug-likeness (QED) is 0.790. The van der Waals surface area contributed by atoms with Gasteiger partial charge in [-0.15, -0.1) is 0 Å². The summed E-state index contributed by atoms with van der Waals surface area (Å²) < 4.78 is 0. The van der Waals surface area contributed by atoms with Crippen LogP contribution in [0.1, 0.15) is 69.1 Å². The van der Waals surface area contributed by atoms with Crippen molar-refractivity contribution in [1.82, 2.24) is 20.6 Å². The Labute approximate surface area is 120 Å². The molecule has 2 heterocycles. The average molecular weight is 279 g/mol. The van der Waals surface area contributed by atoms with Crippen LogP contribution in [0.3, 0.4) is 0 Å². The molecule has 0 aliphatic carbocycles. The molecule has 20 heavy (non-hydrogen) atoms. The Morgan fingerprint density at radius 2 is 2.00 bits per heavy atom. The van der Waals surface area contributed by atoms with Gasteiger partial charge in [-0.2, -0.15) is 5.10 Å². The van der Waals surface area contributed by atoms with Gasteiger partial charge in [-0.3, -0.25) is 15.3 Å². The van der Waals surface area contributed by atoms with Crippen LogP contribution in [-0.4, -0.2) is 33.2 Å². The van der Waals surface area contributed by atoms with Gasteiger partial charge in [0.2, 0.25) is 0 Å². The summed E-state index contributed by atoms with van der Waals surface area (Å²) in [4.78, 5) is 12.3. The van der Waals surface area contributed by atoms with Crippen molar-refractivity contribution in [2.24, 2.45) is 0 Å². The normalized spacial score (nSPS) is 24.1. The van der Waals surface area contributed by atoms with Crippen molar-refractivity contribution < 1.29 is 4.79 Å². The number of nitrogens with two attached hydrogens (primary N) is 1. The van der Waals surface area contributed by atoms with Crippen molar-refractivity contribution in [3.05, 3.63) is 11.4 Å². The lowest BCUT2D eigenvalue weighted by molar-refractivity contribution is 0.0367. The molecule has 6 heteroatoms. The maximum Gasteiger partial charge on any atom is 0.288 e. The van der Waals surface area contributed by atoms with Crippen LogP contribution in [0.25, 0.3) is 0 Å². The number of rotatable bonds is 3. The number of hydrazine groups is 1. The summed E-state index contributed by atoms with van der Waals surface area (Å²) in [6.07, 6.45) is 3.40. The molecule has 112 valence electrons. The van der Waals surface area contributed by atoms with E-state index in [4.69, 9.17) is 5.73 Å². The number of aromatic nitrogens is 2. The molecule has 0 saturated carbocycles. The highest BCUT2D eigenvalue weighted by Gasteiger charge is 2.28. The number of anilines is 1. The van der Waals surface area contributed by atoms with E-state index in [-0.39, 0.29) is 11.8 Å². The number of hydrogen-bond acceptors (Lipinski definition) is 4. The number of H-pyrrole nitrogens is 1. The molecular formula is C14H25N5O. The van der Waals surface area contributed by atoms with Crippen LogP contribution >= 0.6 is 0 Å². The number of carbonyl (C=O) groups is 1. The first kappa shape index (κ1) is 14.8. The third-order valence-corrected chi connectivity index (χ3v) is 4.05. The number of aromatic amines is 1. The predicted molar refractivity (Wildman–Crippen MR) is 79.2 cm³/mol. The average Bonchev–Trinajstić information content (AvgIpc) is 2.76. The van der Waals surface area contributed by atoms with Gasteiger partial charge in [0.25, 0.3) is 5.91 Å². The molecular weight excluding hydrogens is 254 g/mol. The maximum absolute atomic E-state index is 12.3. The fourth-order valence-corrected chi connectivity index (χ4v) is 2.79. The monoisotopic (exact) mass is 279 g/mol. The number of hydrogen-bond donors (Lipinski definition) is 3. The molecule has 0 aromatic carbocycles. The minimum absolute atomic E-state index is 0.219. The summed E-state index contributed by atoms with van der Waals surface area (Å²) in [6, 6.07) is 0.680. The van der Waals surface area contributed by atoms with Crippen molar-refractivity contribution in [2.45, 2.75) is 65.0 Å². The van der Waals surface area contributed by atoms with Gasteiger partial charge in [-0.1, -0.05) is 20.3 Å². The number of nitrogens with zero attached hydrogens (tertiary/aromatic N) is 2. The number of amides is 1. The molecule has 0 radical (unpaired) electrons. The van der Waals surface area contributed by atoms with Crippen molar-refractivity contribution in [2.75, 3.05) is 5.73 Å². The van der Waals surface area contributed by atoms with Gasteiger partial charge in [0.05, 0.1) is 11.4 Å². The molecule has 1 aliphatic rings. The lowest BCUT2D eigenvalue weighted by Gasteiger charge is -2.38. The van der Waals surface area contributed by atoms with Crippen molar-refractivity contribution in [3.8, 4) is 0 Å². The van der Waals surface area contributed by atoms with Crippen LogP contribution in [0.5, 0.6) is 0 Å². The van der Waals surface area contributed by atoms with E-state index in [1.165, 1.54) is 6.42 Å². The minimum Gasteiger partial charge on any atom is -0.395 e. The van der Waals surface area contributed by atoms with Crippen LogP contribution in [0.4, 0.5) is 5.69 Å². The molecule has 2 rings (SSSR count). The van der Waals surface area contributed by atoms with E-state index in [2.05, 4.69) is 29.5 Å². The first-order valence-corrected chi connectivity index (χ1v) is 7.34. The van der Waals surface area contributed by atoms with E-state index in [1.807, 2.05) is 18.9 Å². The Kier molecular flexibility index (Phi) is 4.32. The zero-order valence-electron chi connectivity index (χ0n) is 12.7. The summed E-state index contributed by atoms with van der Waals surface area (Å²) in [7, 11) is 0. The molecule has 0 spiro atoms. The van der Waals surface area contributed by atoms with Gasteiger partial charge in [-0.05, 0) is 32.6 Å². The van der Waals surface area contributed by atoms with Crippen molar-refractivity contribution in [1.29, 1.82) is 0 Å². The largest absolute Gasteiger partial charge is 0.395 e. The number of piperidine rings is 1. The molecule has 4 N–H and O–H groups in total. The Morgan fingerprint density at radius 1 is 1.40 bits per heavy atom. The number of nitrogens with one attached hydrogen (secondary N) is 2. The molecule has 1 amide bonds. The van der Waals surface area contributed by atoms with Gasteiger partial charge >= 0.3 is 0 Å². The summed E-state index contributed by atoms with van der Waals surface area (Å²) in [5.74, 6) is -0.0110. The van der Waals surface area contributed by atoms with Gasteiger partial charge in [0.1, 0.15) is 0 Å². The maximum atomic E-state index is 12.3. The molecule has 2 atom stereocenters. The van der Waals surface area contributed by atoms with E-state index in [0.717, 1.165) is 18.5 Å². The fraction of sp³-hybridized carbons (Fsp3) is 0.714. The van der Waals surface area contributed by atoms with Gasteiger partial charge in [0.15, 0.2) is 5.69 Å². The summed E-state index contributed by atoms with van der Waals surface area (Å²) in [6.45, 7) is 8.29. The lowest BCUT2D eigenvalue weighted by Crippen LogP contribution is -2.54. The third kappa shape index (κ3) is 2.80. The highest BCUT2D eigenvalue weighted by molar-refractivity contribution is 5.97. The SMILES string of the molecule is CC(C)c1[nH]nc(C(=O)NN2C(C)CCCC2C)c1N. The Morgan fingerprint density at radius 3 is 2.50 bits per heavy atom. The highest BCUT2D eigenvalue weighted by Crippen LogP contribution is 2.23. The second-order valence-corrected chi connectivity index (χ2v) is 6.03. The van der Waals surface area contributed by atoms with Crippen LogP contribution in [0, 0.1) is 0 Å². The molecule has 1 aliphatic heterocycles. The number of nitrogen functional groups attached to an aromatic ring is 1. The zero-order valence-corrected chi connectivity index (χ0v) is 12.7. The third-order valence-electron chi connectivity index (χ3n) is 4.05. The minimum atomic E-state index is -0.230. The van der Waals surface area contributed by atoms with Crippen LogP contribution < -0.4 is 11.2 Å². The van der Waals surface area contributed by atoms with Crippen LogP contribution in [-0.2, 0) is 0 Å². The first-order chi connectivity index (χ1) is 9.41. The fourth-order valence-electron chi connectivity index (χ4n) is 2.79. The highest BCUT2D eigenvalue weighted by atomic mass is 16.2. The summed E-state index contributed by atoms with van der Waals surface area (Å²) in [5, 5.41) is 8.95. The van der Waals surface area contributed by atoms with Gasteiger partial charge < -0.3 is 5.73 Å². The molecule has 1 aromatic rings. The first-order valence-electron chi connectivity index (χ1n) is 7.34. The summed E-state index contributed by atoms with van der Waals surface area (Å²) >= 11 is 0. The lowest BCUT2D eigenvalue weighted by atomic mass is 10.00. The molecule has 2 unspecified atom stereocenters. The smallest absolute Gasteiger partial charge is 0.288 e. The molecule has 1 saturated heterocycles. The molecule has 1 aromatic heterocycles. The zero-order chi connectivity index (χ0) is 14.9. The second kappa shape index (κ2) is 5.83. The van der Waals surface area contributed by atoms with E-state index < -0.39 is 0 Å². The van der Waals surface area contributed by atoms with Crippen LogP contribution in [0.15, 0.2) is 0 Å². The summed E-state index contributed by atoms with van der Waals surface area (Å²) in [5.41, 5.74) is 10.5.